The summed E-state index contributed by atoms with van der Waals surface area (Å²) in [6.45, 7) is 0. The molecule has 0 spiro atoms. The Morgan fingerprint density at radius 1 is 1.60 bits per heavy atom. The van der Waals surface area contributed by atoms with Crippen LogP contribution in [0.1, 0.15) is 0 Å². The Hall–Kier alpha value is -1.65. The number of fused-ring (bicyclic) bond motifs is 1. The molecule has 2 aromatic heterocycles. The number of aromatic nitrogens is 3. The highest BCUT2D eigenvalue weighted by Crippen LogP contribution is 2.07. The molecule has 5 heteroatoms. The highest BCUT2D eigenvalue weighted by Gasteiger charge is 2.02. The number of anilines is 1. The topological polar surface area (TPSA) is 68.5 Å². The van der Waals surface area contributed by atoms with Crippen LogP contribution < -0.4 is 5.73 Å². The summed E-state index contributed by atoms with van der Waals surface area (Å²) < 4.78 is 2.38. The van der Waals surface area contributed by atoms with Gasteiger partial charge in [-0.05, 0) is 0 Å². The first-order valence-electron chi connectivity index (χ1n) is 2.79. The van der Waals surface area contributed by atoms with Crippen LogP contribution in [0.3, 0.4) is 0 Å². The van der Waals surface area contributed by atoms with Crippen molar-refractivity contribution in [3.05, 3.63) is 18.5 Å². The fraction of sp³-hybridized carbons (Fsp3) is 0. The standard InChI is InChI=1S/C5H6N4O/c6-4-3-8(10)5-1-2-7-9(4)5/h1-3,10H,6H2. The van der Waals surface area contributed by atoms with Gasteiger partial charge in [-0.2, -0.15) is 14.3 Å². The lowest BCUT2D eigenvalue weighted by atomic mass is 10.7. The molecular formula is C5H6N4O. The maximum atomic E-state index is 9.06. The summed E-state index contributed by atoms with van der Waals surface area (Å²) in [6.07, 6.45) is 2.96. The Bertz CT molecular complexity index is 329. The smallest absolute Gasteiger partial charge is 0.173 e. The zero-order chi connectivity index (χ0) is 7.14. The second-order valence-electron chi connectivity index (χ2n) is 2.00. The maximum Gasteiger partial charge on any atom is 0.173 e. The van der Waals surface area contributed by atoms with E-state index in [4.69, 9.17) is 10.9 Å². The van der Waals surface area contributed by atoms with Crippen molar-refractivity contribution in [1.82, 2.24) is 14.3 Å². The summed E-state index contributed by atoms with van der Waals surface area (Å²) in [7, 11) is 0. The maximum absolute atomic E-state index is 9.06. The van der Waals surface area contributed by atoms with E-state index in [-0.39, 0.29) is 0 Å². The van der Waals surface area contributed by atoms with Gasteiger partial charge in [-0.1, -0.05) is 0 Å². The van der Waals surface area contributed by atoms with Crippen molar-refractivity contribution in [1.29, 1.82) is 0 Å². The van der Waals surface area contributed by atoms with Crippen LogP contribution in [0, 0.1) is 0 Å². The predicted octanol–water partition coefficient (Wildman–Crippen LogP) is -0.0447. The fourth-order valence-corrected chi connectivity index (χ4v) is 0.915. The molecule has 0 unspecified atom stereocenters. The summed E-state index contributed by atoms with van der Waals surface area (Å²) >= 11 is 0. The number of imidazole rings is 1. The van der Waals surface area contributed by atoms with Gasteiger partial charge >= 0.3 is 0 Å². The molecule has 0 fully saturated rings. The molecule has 0 aliphatic rings. The monoisotopic (exact) mass is 138 g/mol. The van der Waals surface area contributed by atoms with Crippen LogP contribution >= 0.6 is 0 Å². The zero-order valence-corrected chi connectivity index (χ0v) is 5.10. The van der Waals surface area contributed by atoms with Gasteiger partial charge in [0, 0.05) is 6.07 Å². The molecule has 2 rings (SSSR count). The van der Waals surface area contributed by atoms with Gasteiger partial charge in [0.05, 0.1) is 12.4 Å². The third-order valence-corrected chi connectivity index (χ3v) is 1.36. The van der Waals surface area contributed by atoms with E-state index in [1.165, 1.54) is 10.7 Å². The Morgan fingerprint density at radius 3 is 3.10 bits per heavy atom. The number of rotatable bonds is 0. The first-order valence-corrected chi connectivity index (χ1v) is 2.79. The lowest BCUT2D eigenvalue weighted by molar-refractivity contribution is 0.199. The molecule has 0 aliphatic heterocycles. The minimum absolute atomic E-state index is 0.419. The Labute approximate surface area is 56.2 Å². The highest BCUT2D eigenvalue weighted by molar-refractivity contribution is 5.46. The second-order valence-corrected chi connectivity index (χ2v) is 2.00. The van der Waals surface area contributed by atoms with Crippen LogP contribution in [-0.4, -0.2) is 19.6 Å². The van der Waals surface area contributed by atoms with Crippen molar-refractivity contribution in [2.45, 2.75) is 0 Å². The van der Waals surface area contributed by atoms with Gasteiger partial charge in [0.1, 0.15) is 5.82 Å². The van der Waals surface area contributed by atoms with E-state index in [0.717, 1.165) is 4.73 Å². The summed E-state index contributed by atoms with van der Waals surface area (Å²) in [4.78, 5) is 0. The number of nitrogens with zero attached hydrogens (tertiary/aromatic N) is 3. The lowest BCUT2D eigenvalue weighted by Gasteiger charge is -1.84. The van der Waals surface area contributed by atoms with Crippen molar-refractivity contribution in [2.75, 3.05) is 5.73 Å². The molecule has 10 heavy (non-hydrogen) atoms. The zero-order valence-electron chi connectivity index (χ0n) is 5.10. The van der Waals surface area contributed by atoms with Gasteiger partial charge in [-0.15, -0.1) is 0 Å². The molecule has 2 aromatic rings. The summed E-state index contributed by atoms with van der Waals surface area (Å²) in [6, 6.07) is 1.66. The van der Waals surface area contributed by atoms with Crippen LogP contribution in [0.4, 0.5) is 5.82 Å². The Kier molecular flexibility index (Phi) is 0.743. The molecule has 0 aromatic carbocycles. The molecule has 0 atom stereocenters. The SMILES string of the molecule is Nc1cn(O)c2ccnn12. The van der Waals surface area contributed by atoms with Gasteiger partial charge in [0.25, 0.3) is 0 Å². The third-order valence-electron chi connectivity index (χ3n) is 1.36. The van der Waals surface area contributed by atoms with E-state index < -0.39 is 0 Å². The van der Waals surface area contributed by atoms with Crippen LogP contribution in [0.2, 0.25) is 0 Å². The van der Waals surface area contributed by atoms with Crippen LogP contribution in [0.5, 0.6) is 0 Å². The van der Waals surface area contributed by atoms with Crippen molar-refractivity contribution >= 4 is 11.5 Å². The van der Waals surface area contributed by atoms with E-state index in [2.05, 4.69) is 5.10 Å². The average Bonchev–Trinajstić information content (AvgIpc) is 2.39. The Balaban J connectivity index is 2.98. The van der Waals surface area contributed by atoms with Crippen molar-refractivity contribution in [3.8, 4) is 0 Å². The summed E-state index contributed by atoms with van der Waals surface area (Å²) in [5, 5.41) is 12.9. The fourth-order valence-electron chi connectivity index (χ4n) is 0.915. The molecule has 0 amide bonds. The average molecular weight is 138 g/mol. The molecular weight excluding hydrogens is 132 g/mol. The molecule has 0 radical (unpaired) electrons. The van der Waals surface area contributed by atoms with Gasteiger partial charge in [-0.3, -0.25) is 0 Å². The molecule has 2 heterocycles. The first-order chi connectivity index (χ1) is 4.79. The van der Waals surface area contributed by atoms with Crippen molar-refractivity contribution in [2.24, 2.45) is 0 Å². The molecule has 0 saturated carbocycles. The molecule has 0 bridgehead atoms. The van der Waals surface area contributed by atoms with E-state index in [1.807, 2.05) is 0 Å². The van der Waals surface area contributed by atoms with Gasteiger partial charge < -0.3 is 10.9 Å². The normalized spacial score (nSPS) is 10.8. The van der Waals surface area contributed by atoms with Crippen LogP contribution in [-0.2, 0) is 0 Å². The molecule has 0 aliphatic carbocycles. The quantitative estimate of drug-likeness (QED) is 0.502. The predicted molar refractivity (Wildman–Crippen MR) is 34.8 cm³/mol. The highest BCUT2D eigenvalue weighted by atomic mass is 16.5. The van der Waals surface area contributed by atoms with Gasteiger partial charge in [0.2, 0.25) is 0 Å². The molecule has 3 N–H and O–H groups in total. The van der Waals surface area contributed by atoms with Crippen molar-refractivity contribution < 1.29 is 5.21 Å². The number of hydrogen-bond acceptors (Lipinski definition) is 3. The lowest BCUT2D eigenvalue weighted by Crippen LogP contribution is -1.90. The minimum Gasteiger partial charge on any atom is -0.427 e. The summed E-state index contributed by atoms with van der Waals surface area (Å²) in [5.74, 6) is 0.419. The summed E-state index contributed by atoms with van der Waals surface area (Å²) in [5.41, 5.74) is 6.01. The second kappa shape index (κ2) is 1.44. The number of nitrogen functional groups attached to an aromatic ring is 1. The van der Waals surface area contributed by atoms with Crippen molar-refractivity contribution in [3.63, 3.8) is 0 Å². The molecule has 0 saturated heterocycles. The minimum atomic E-state index is 0.419. The molecule has 5 nitrogen and oxygen atoms in total. The number of hydrogen-bond donors (Lipinski definition) is 2. The van der Waals surface area contributed by atoms with E-state index >= 15 is 0 Å². The van der Waals surface area contributed by atoms with Gasteiger partial charge in [-0.25, -0.2) is 0 Å². The van der Waals surface area contributed by atoms with Crippen LogP contribution in [0.25, 0.3) is 5.65 Å². The van der Waals surface area contributed by atoms with Gasteiger partial charge in [0.15, 0.2) is 5.65 Å². The first kappa shape index (κ1) is 5.16. The van der Waals surface area contributed by atoms with E-state index in [0.29, 0.717) is 11.5 Å². The molecule has 52 valence electrons. The Morgan fingerprint density at radius 2 is 2.40 bits per heavy atom. The van der Waals surface area contributed by atoms with Crippen LogP contribution in [0.15, 0.2) is 18.5 Å². The third kappa shape index (κ3) is 0.439. The largest absolute Gasteiger partial charge is 0.427 e. The van der Waals surface area contributed by atoms with E-state index in [9.17, 15) is 0 Å². The number of nitrogens with two attached hydrogens (primary N) is 1. The van der Waals surface area contributed by atoms with E-state index in [1.54, 1.807) is 12.3 Å².